The molecule has 0 heterocycles. The van der Waals surface area contributed by atoms with Crippen molar-refractivity contribution in [2.24, 2.45) is 5.73 Å². The van der Waals surface area contributed by atoms with Crippen LogP contribution in [0.4, 0.5) is 0 Å². The second-order valence-electron chi connectivity index (χ2n) is 3.58. The molecule has 0 aliphatic carbocycles. The van der Waals surface area contributed by atoms with Gasteiger partial charge in [-0.1, -0.05) is 11.6 Å². The van der Waals surface area contributed by atoms with Crippen molar-refractivity contribution in [1.29, 1.82) is 0 Å². The van der Waals surface area contributed by atoms with Crippen LogP contribution in [0, 0.1) is 6.92 Å². The van der Waals surface area contributed by atoms with Crippen molar-refractivity contribution >= 4 is 17.4 Å². The Balaban J connectivity index is 3.43. The number of hydrogen-bond acceptors (Lipinski definition) is 4. The van der Waals surface area contributed by atoms with Gasteiger partial charge in [0.2, 0.25) is 0 Å². The van der Waals surface area contributed by atoms with Crippen molar-refractivity contribution < 1.29 is 14.3 Å². The van der Waals surface area contributed by atoms with Crippen LogP contribution < -0.4 is 15.2 Å². The number of halogens is 1. The average molecular weight is 258 g/mol. The van der Waals surface area contributed by atoms with E-state index < -0.39 is 0 Å². The second kappa shape index (κ2) is 5.89. The monoisotopic (exact) mass is 257 g/mol. The van der Waals surface area contributed by atoms with Crippen molar-refractivity contribution in [2.75, 3.05) is 20.8 Å². The van der Waals surface area contributed by atoms with Gasteiger partial charge in [-0.3, -0.25) is 4.79 Å². The Bertz CT molecular complexity index is 432. The molecule has 0 amide bonds. The van der Waals surface area contributed by atoms with Crippen LogP contribution in [0.5, 0.6) is 11.5 Å². The van der Waals surface area contributed by atoms with Crippen LogP contribution in [-0.2, 0) is 0 Å². The topological polar surface area (TPSA) is 61.5 Å². The molecule has 94 valence electrons. The lowest BCUT2D eigenvalue weighted by Gasteiger charge is -2.15. The lowest BCUT2D eigenvalue weighted by Crippen LogP contribution is -2.11. The van der Waals surface area contributed by atoms with Crippen LogP contribution in [0.3, 0.4) is 0 Å². The number of carbonyl (C=O) groups is 1. The van der Waals surface area contributed by atoms with Crippen molar-refractivity contribution in [1.82, 2.24) is 0 Å². The number of aryl methyl sites for hydroxylation is 1. The van der Waals surface area contributed by atoms with Crippen LogP contribution in [0.15, 0.2) is 6.07 Å². The van der Waals surface area contributed by atoms with E-state index in [0.717, 1.165) is 5.56 Å². The number of Topliss-reactive ketones (excluding diaryl/α,β-unsaturated/α-hetero) is 1. The van der Waals surface area contributed by atoms with E-state index in [1.807, 2.05) is 6.92 Å². The summed E-state index contributed by atoms with van der Waals surface area (Å²) in [6, 6.07) is 1.74. The highest BCUT2D eigenvalue weighted by Gasteiger charge is 2.21. The van der Waals surface area contributed by atoms with Crippen molar-refractivity contribution in [3.8, 4) is 11.5 Å². The molecule has 0 bridgehead atoms. The molecule has 0 saturated heterocycles. The minimum Gasteiger partial charge on any atom is -0.493 e. The van der Waals surface area contributed by atoms with E-state index in [9.17, 15) is 4.79 Å². The Kier molecular flexibility index (Phi) is 4.78. The van der Waals surface area contributed by atoms with Gasteiger partial charge >= 0.3 is 0 Å². The fourth-order valence-electron chi connectivity index (χ4n) is 1.60. The number of benzene rings is 1. The standard InChI is InChI=1S/C12H16ClNO3/c1-7-6-9(16-2)12(17-3)10(11(7)13)8(15)4-5-14/h6H,4-5,14H2,1-3H3. The maximum Gasteiger partial charge on any atom is 0.173 e. The van der Waals surface area contributed by atoms with Crippen molar-refractivity contribution in [2.45, 2.75) is 13.3 Å². The molecule has 1 rings (SSSR count). The lowest BCUT2D eigenvalue weighted by atomic mass is 10.0. The van der Waals surface area contributed by atoms with Gasteiger partial charge in [-0.2, -0.15) is 0 Å². The number of nitrogens with two attached hydrogens (primary N) is 1. The Morgan fingerprint density at radius 1 is 1.41 bits per heavy atom. The minimum absolute atomic E-state index is 0.142. The molecule has 0 aromatic heterocycles. The maximum atomic E-state index is 12.0. The first-order chi connectivity index (χ1) is 8.06. The molecular formula is C12H16ClNO3. The third-order valence-electron chi connectivity index (χ3n) is 2.44. The fourth-order valence-corrected chi connectivity index (χ4v) is 1.85. The third-order valence-corrected chi connectivity index (χ3v) is 2.93. The first-order valence-corrected chi connectivity index (χ1v) is 5.58. The second-order valence-corrected chi connectivity index (χ2v) is 3.96. The molecule has 0 radical (unpaired) electrons. The Morgan fingerprint density at radius 2 is 2.06 bits per heavy atom. The smallest absolute Gasteiger partial charge is 0.173 e. The number of ketones is 1. The molecule has 4 nitrogen and oxygen atoms in total. The first kappa shape index (κ1) is 13.8. The molecule has 1 aromatic rings. The predicted octanol–water partition coefficient (Wildman–Crippen LogP) is 2.20. The predicted molar refractivity (Wildman–Crippen MR) is 67.3 cm³/mol. The number of hydrogen-bond donors (Lipinski definition) is 1. The Morgan fingerprint density at radius 3 is 2.53 bits per heavy atom. The molecule has 1 aromatic carbocycles. The number of methoxy groups -OCH3 is 2. The highest BCUT2D eigenvalue weighted by Crippen LogP contribution is 2.38. The van der Waals surface area contributed by atoms with Crippen LogP contribution in [0.2, 0.25) is 5.02 Å². The summed E-state index contributed by atoms with van der Waals surface area (Å²) in [7, 11) is 2.99. The van der Waals surface area contributed by atoms with Gasteiger partial charge in [0.15, 0.2) is 17.3 Å². The highest BCUT2D eigenvalue weighted by molar-refractivity contribution is 6.35. The van der Waals surface area contributed by atoms with Crippen LogP contribution in [-0.4, -0.2) is 26.5 Å². The van der Waals surface area contributed by atoms with E-state index >= 15 is 0 Å². The minimum atomic E-state index is -0.142. The zero-order chi connectivity index (χ0) is 13.0. The van der Waals surface area contributed by atoms with Gasteiger partial charge in [0.25, 0.3) is 0 Å². The van der Waals surface area contributed by atoms with Crippen LogP contribution in [0.25, 0.3) is 0 Å². The van der Waals surface area contributed by atoms with E-state index in [0.29, 0.717) is 22.1 Å². The zero-order valence-electron chi connectivity index (χ0n) is 10.2. The molecular weight excluding hydrogens is 242 g/mol. The molecule has 0 unspecified atom stereocenters. The molecule has 2 N–H and O–H groups in total. The summed E-state index contributed by atoms with van der Waals surface area (Å²) >= 11 is 6.14. The first-order valence-electron chi connectivity index (χ1n) is 5.21. The molecule has 0 spiro atoms. The fraction of sp³-hybridized carbons (Fsp3) is 0.417. The molecule has 0 aliphatic rings. The van der Waals surface area contributed by atoms with E-state index in [1.165, 1.54) is 14.2 Å². The highest BCUT2D eigenvalue weighted by atomic mass is 35.5. The Hall–Kier alpha value is -1.26. The van der Waals surface area contributed by atoms with Crippen LogP contribution >= 0.6 is 11.6 Å². The summed E-state index contributed by atoms with van der Waals surface area (Å²) in [5, 5.41) is 0.390. The number of carbonyl (C=O) groups excluding carboxylic acids is 1. The average Bonchev–Trinajstić information content (AvgIpc) is 2.31. The molecule has 5 heteroatoms. The van der Waals surface area contributed by atoms with Gasteiger partial charge in [-0.05, 0) is 25.1 Å². The molecule has 0 fully saturated rings. The zero-order valence-corrected chi connectivity index (χ0v) is 10.9. The summed E-state index contributed by atoms with van der Waals surface area (Å²) < 4.78 is 10.4. The maximum absolute atomic E-state index is 12.0. The van der Waals surface area contributed by atoms with Gasteiger partial charge in [-0.15, -0.1) is 0 Å². The molecule has 0 atom stereocenters. The molecule has 17 heavy (non-hydrogen) atoms. The molecule has 0 aliphatic heterocycles. The summed E-state index contributed by atoms with van der Waals surface area (Å²) in [6.45, 7) is 2.08. The number of ether oxygens (including phenoxy) is 2. The van der Waals surface area contributed by atoms with Gasteiger partial charge in [-0.25, -0.2) is 0 Å². The van der Waals surface area contributed by atoms with E-state index in [1.54, 1.807) is 6.07 Å². The normalized spacial score (nSPS) is 10.2. The van der Waals surface area contributed by atoms with Crippen molar-refractivity contribution in [3.05, 3.63) is 22.2 Å². The SMILES string of the molecule is COc1cc(C)c(Cl)c(C(=O)CCN)c1OC. The van der Waals surface area contributed by atoms with Gasteiger partial charge < -0.3 is 15.2 Å². The van der Waals surface area contributed by atoms with Crippen molar-refractivity contribution in [3.63, 3.8) is 0 Å². The van der Waals surface area contributed by atoms with Gasteiger partial charge in [0.05, 0.1) is 24.8 Å². The summed E-state index contributed by atoms with van der Waals surface area (Å²) in [4.78, 5) is 12.0. The Labute approximate surface area is 106 Å². The van der Waals surface area contributed by atoms with E-state index in [4.69, 9.17) is 26.8 Å². The van der Waals surface area contributed by atoms with E-state index in [-0.39, 0.29) is 18.7 Å². The summed E-state index contributed by atoms with van der Waals surface area (Å²) in [6.07, 6.45) is 0.225. The van der Waals surface area contributed by atoms with Gasteiger partial charge in [0.1, 0.15) is 0 Å². The summed E-state index contributed by atoms with van der Waals surface area (Å²) in [5.74, 6) is 0.715. The largest absolute Gasteiger partial charge is 0.493 e. The molecule has 0 saturated carbocycles. The summed E-state index contributed by atoms with van der Waals surface area (Å²) in [5.41, 5.74) is 6.49. The van der Waals surface area contributed by atoms with E-state index in [2.05, 4.69) is 0 Å². The lowest BCUT2D eigenvalue weighted by molar-refractivity contribution is 0.0982. The van der Waals surface area contributed by atoms with Gasteiger partial charge in [0, 0.05) is 6.42 Å². The quantitative estimate of drug-likeness (QED) is 0.822. The number of rotatable bonds is 5. The third kappa shape index (κ3) is 2.70. The van der Waals surface area contributed by atoms with Crippen LogP contribution in [0.1, 0.15) is 22.3 Å².